The highest BCUT2D eigenvalue weighted by atomic mass is 31.1. The van der Waals surface area contributed by atoms with E-state index >= 15 is 0 Å². The van der Waals surface area contributed by atoms with Crippen molar-refractivity contribution in [2.24, 2.45) is 5.92 Å². The first kappa shape index (κ1) is 8.97. The molecule has 0 nitrogen and oxygen atoms in total. The Morgan fingerprint density at radius 2 is 2.08 bits per heavy atom. The Morgan fingerprint density at radius 3 is 2.85 bits per heavy atom. The standard InChI is InChI=1S/C12H14P/c1-3-9(2)12-11-7-5-4-6-10(11)8-13-12/h4-9H,3H2,1-2H3. The molecule has 2 rings (SSSR count). The minimum Gasteiger partial charge on any atom is -0.0648 e. The molecule has 0 spiro atoms. The van der Waals surface area contributed by atoms with Gasteiger partial charge in [0.1, 0.15) is 0 Å². The van der Waals surface area contributed by atoms with Crippen LogP contribution < -0.4 is 10.4 Å². The highest BCUT2D eigenvalue weighted by Crippen LogP contribution is 2.35. The van der Waals surface area contributed by atoms with Gasteiger partial charge >= 0.3 is 0 Å². The lowest BCUT2D eigenvalue weighted by molar-refractivity contribution is 0.728. The molecule has 0 aromatic heterocycles. The summed E-state index contributed by atoms with van der Waals surface area (Å²) in [6, 6.07) is 8.70. The van der Waals surface area contributed by atoms with E-state index in [1.807, 2.05) is 0 Å². The van der Waals surface area contributed by atoms with Crippen LogP contribution in [0.15, 0.2) is 24.3 Å². The summed E-state index contributed by atoms with van der Waals surface area (Å²) in [6.45, 7) is 4.58. The van der Waals surface area contributed by atoms with Gasteiger partial charge in [-0.2, -0.15) is 0 Å². The molecule has 1 aliphatic rings. The number of rotatable bonds is 2. The average Bonchev–Trinajstić information content (AvgIpc) is 2.60. The van der Waals surface area contributed by atoms with Gasteiger partial charge in [0.25, 0.3) is 0 Å². The molecular weight excluding hydrogens is 175 g/mol. The topological polar surface area (TPSA) is 0 Å². The predicted molar refractivity (Wildman–Crippen MR) is 59.9 cm³/mol. The van der Waals surface area contributed by atoms with E-state index in [0.29, 0.717) is 0 Å². The quantitative estimate of drug-likeness (QED) is 0.627. The lowest BCUT2D eigenvalue weighted by atomic mass is 10.1. The van der Waals surface area contributed by atoms with Crippen molar-refractivity contribution in [1.29, 1.82) is 0 Å². The van der Waals surface area contributed by atoms with Crippen LogP contribution in [0.3, 0.4) is 0 Å². The summed E-state index contributed by atoms with van der Waals surface area (Å²) in [4.78, 5) is 0. The minimum atomic E-state index is 0.724. The molecule has 1 heterocycles. The molecule has 0 saturated heterocycles. The maximum atomic E-state index is 2.32. The molecule has 1 heteroatoms. The number of fused-ring (bicyclic) bond motifs is 1. The normalized spacial score (nSPS) is 18.5. The van der Waals surface area contributed by atoms with Crippen LogP contribution in [0.4, 0.5) is 0 Å². The molecule has 0 bridgehead atoms. The molecule has 0 saturated carbocycles. The molecule has 1 aliphatic heterocycles. The number of hydrogen-bond acceptors (Lipinski definition) is 0. The molecule has 1 atom stereocenters. The Kier molecular flexibility index (Phi) is 2.51. The van der Waals surface area contributed by atoms with Crippen molar-refractivity contribution in [3.8, 4) is 0 Å². The summed E-state index contributed by atoms with van der Waals surface area (Å²) in [5.41, 5.74) is 0. The van der Waals surface area contributed by atoms with E-state index in [4.69, 9.17) is 0 Å². The van der Waals surface area contributed by atoms with E-state index in [2.05, 4.69) is 43.9 Å². The third kappa shape index (κ3) is 1.56. The molecule has 0 amide bonds. The molecular formula is C12H14P. The summed E-state index contributed by atoms with van der Waals surface area (Å²) >= 11 is 0. The van der Waals surface area contributed by atoms with Crippen molar-refractivity contribution < 1.29 is 0 Å². The van der Waals surface area contributed by atoms with Crippen molar-refractivity contribution in [1.82, 2.24) is 0 Å². The maximum Gasteiger partial charge on any atom is -0.0137 e. The molecule has 1 unspecified atom stereocenters. The van der Waals surface area contributed by atoms with Crippen molar-refractivity contribution in [2.45, 2.75) is 20.3 Å². The monoisotopic (exact) mass is 189 g/mol. The van der Waals surface area contributed by atoms with Gasteiger partial charge in [-0.1, -0.05) is 38.1 Å². The summed E-state index contributed by atoms with van der Waals surface area (Å²) in [5, 5.41) is 4.48. The zero-order chi connectivity index (χ0) is 9.26. The van der Waals surface area contributed by atoms with Crippen molar-refractivity contribution >= 4 is 19.7 Å². The molecule has 13 heavy (non-hydrogen) atoms. The Hall–Kier alpha value is -0.610. The molecule has 0 aliphatic carbocycles. The summed E-state index contributed by atoms with van der Waals surface area (Å²) in [6.07, 6.45) is 1.24. The largest absolute Gasteiger partial charge is 0.0648 e. The second-order valence-electron chi connectivity index (χ2n) is 3.54. The van der Waals surface area contributed by atoms with Gasteiger partial charge < -0.3 is 0 Å². The first-order valence-corrected chi connectivity index (χ1v) is 5.79. The van der Waals surface area contributed by atoms with Crippen LogP contribution >= 0.6 is 8.58 Å². The summed E-state index contributed by atoms with van der Waals surface area (Å²) in [7, 11) is 1.41. The predicted octanol–water partition coefficient (Wildman–Crippen LogP) is 2.54. The maximum absolute atomic E-state index is 2.32. The first-order valence-electron chi connectivity index (χ1n) is 4.83. The minimum absolute atomic E-state index is 0.724. The highest BCUT2D eigenvalue weighted by Gasteiger charge is 2.10. The molecule has 1 aromatic carbocycles. The zero-order valence-corrected chi connectivity index (χ0v) is 9.01. The fourth-order valence-electron chi connectivity index (χ4n) is 1.64. The van der Waals surface area contributed by atoms with Crippen LogP contribution in [0.1, 0.15) is 20.3 Å². The highest BCUT2D eigenvalue weighted by molar-refractivity contribution is 7.58. The van der Waals surface area contributed by atoms with Crippen LogP contribution in [0, 0.1) is 5.92 Å². The lowest BCUT2D eigenvalue weighted by Gasteiger charge is -2.08. The zero-order valence-electron chi connectivity index (χ0n) is 8.12. The van der Waals surface area contributed by atoms with E-state index in [1.165, 1.54) is 25.4 Å². The molecule has 0 N–H and O–H groups in total. The molecule has 1 radical (unpaired) electrons. The average molecular weight is 189 g/mol. The Balaban J connectivity index is 2.60. The molecule has 1 aromatic rings. The first-order chi connectivity index (χ1) is 6.33. The third-order valence-corrected chi connectivity index (χ3v) is 4.03. The van der Waals surface area contributed by atoms with E-state index in [-0.39, 0.29) is 0 Å². The van der Waals surface area contributed by atoms with Crippen LogP contribution in [0.25, 0.3) is 11.1 Å². The van der Waals surface area contributed by atoms with Crippen LogP contribution in [0.5, 0.6) is 0 Å². The van der Waals surface area contributed by atoms with E-state index < -0.39 is 0 Å². The van der Waals surface area contributed by atoms with Gasteiger partial charge in [-0.3, -0.25) is 0 Å². The molecule has 0 fully saturated rings. The lowest BCUT2D eigenvalue weighted by Crippen LogP contribution is -2.23. The van der Waals surface area contributed by atoms with Gasteiger partial charge in [-0.15, -0.1) is 0 Å². The summed E-state index contributed by atoms with van der Waals surface area (Å²) in [5.74, 6) is 3.04. The van der Waals surface area contributed by atoms with Gasteiger partial charge in [0.05, 0.1) is 0 Å². The fraction of sp³-hybridized carbons (Fsp3) is 0.333. The second kappa shape index (κ2) is 3.64. The van der Waals surface area contributed by atoms with E-state index in [0.717, 1.165) is 5.92 Å². The smallest absolute Gasteiger partial charge is 0.0137 e. The number of hydrogen-bond donors (Lipinski definition) is 0. The van der Waals surface area contributed by atoms with Gasteiger partial charge in [-0.05, 0) is 42.5 Å². The van der Waals surface area contributed by atoms with Crippen molar-refractivity contribution in [3.63, 3.8) is 0 Å². The van der Waals surface area contributed by atoms with Gasteiger partial charge in [-0.25, -0.2) is 0 Å². The van der Waals surface area contributed by atoms with E-state index in [1.54, 1.807) is 5.31 Å². The Morgan fingerprint density at radius 1 is 1.31 bits per heavy atom. The van der Waals surface area contributed by atoms with Crippen LogP contribution in [-0.2, 0) is 0 Å². The second-order valence-corrected chi connectivity index (χ2v) is 4.54. The number of benzene rings is 1. The van der Waals surface area contributed by atoms with Crippen molar-refractivity contribution in [2.75, 3.05) is 0 Å². The van der Waals surface area contributed by atoms with Gasteiger partial charge in [0, 0.05) is 0 Å². The Bertz CT molecular complexity index is 417. The van der Waals surface area contributed by atoms with E-state index in [9.17, 15) is 0 Å². The van der Waals surface area contributed by atoms with Crippen molar-refractivity contribution in [3.05, 3.63) is 34.7 Å². The fourth-order valence-corrected chi connectivity index (χ4v) is 2.92. The SMILES string of the molecule is CCC(C)C1=c2ccccc2=C[P]1. The van der Waals surface area contributed by atoms with Crippen LogP contribution in [0.2, 0.25) is 0 Å². The van der Waals surface area contributed by atoms with Gasteiger partial charge in [0.2, 0.25) is 0 Å². The Labute approximate surface area is 81.2 Å². The third-order valence-electron chi connectivity index (χ3n) is 2.66. The van der Waals surface area contributed by atoms with Crippen LogP contribution in [-0.4, -0.2) is 0 Å². The van der Waals surface area contributed by atoms with Gasteiger partial charge in [0.15, 0.2) is 0 Å². The molecule has 67 valence electrons. The summed E-state index contributed by atoms with van der Waals surface area (Å²) < 4.78 is 0.